The van der Waals surface area contributed by atoms with Crippen LogP contribution in [0.1, 0.15) is 6.92 Å². The zero-order chi connectivity index (χ0) is 7.72. The predicted octanol–water partition coefficient (Wildman–Crippen LogP) is 1.22. The van der Waals surface area contributed by atoms with E-state index in [1.165, 1.54) is 0 Å². The van der Waals surface area contributed by atoms with Crippen molar-refractivity contribution in [3.63, 3.8) is 0 Å². The molecule has 1 rings (SSSR count). The minimum absolute atomic E-state index is 0.0116. The first kappa shape index (κ1) is 7.85. The number of rotatable bonds is 1. The number of likely N-dealkylation sites (N-methyl/N-ethyl adjacent to an activating group) is 1. The maximum Gasteiger partial charge on any atom is 0.410 e. The van der Waals surface area contributed by atoms with Gasteiger partial charge in [-0.2, -0.15) is 0 Å². The fraction of sp³-hybridized carbons (Fsp3) is 0.833. The first-order valence-electron chi connectivity index (χ1n) is 3.17. The Hall–Kier alpha value is -0.250. The molecule has 0 N–H and O–H groups in total. The lowest BCUT2D eigenvalue weighted by atomic mass is 10.3. The van der Waals surface area contributed by atoms with Gasteiger partial charge >= 0.3 is 6.09 Å². The normalized spacial score (nSPS) is 28.5. The Morgan fingerprint density at radius 2 is 2.50 bits per heavy atom. The van der Waals surface area contributed by atoms with Crippen LogP contribution < -0.4 is 0 Å². The summed E-state index contributed by atoms with van der Waals surface area (Å²) in [6, 6.07) is 0. The standard InChI is InChI=1S/C6H10BrNO2/c1-4(7)5-3-8(2)6(9)10-5/h4-5H,3H2,1-2H3. The highest BCUT2D eigenvalue weighted by molar-refractivity contribution is 9.09. The third-order valence-electron chi connectivity index (χ3n) is 1.53. The molecule has 1 aliphatic heterocycles. The van der Waals surface area contributed by atoms with Crippen LogP contribution in [0.4, 0.5) is 4.79 Å². The molecule has 1 heterocycles. The molecule has 0 aliphatic carbocycles. The number of nitrogens with zero attached hydrogens (tertiary/aromatic N) is 1. The van der Waals surface area contributed by atoms with Gasteiger partial charge in [-0.25, -0.2) is 4.79 Å². The molecule has 1 amide bonds. The van der Waals surface area contributed by atoms with Crippen LogP contribution in [0.15, 0.2) is 0 Å². The van der Waals surface area contributed by atoms with Crippen LogP contribution in [0.5, 0.6) is 0 Å². The predicted molar refractivity (Wildman–Crippen MR) is 41.3 cm³/mol. The van der Waals surface area contributed by atoms with Crippen molar-refractivity contribution in [3.8, 4) is 0 Å². The highest BCUT2D eigenvalue weighted by Crippen LogP contribution is 2.16. The summed E-state index contributed by atoms with van der Waals surface area (Å²) in [5, 5.41) is 0. The third-order valence-corrected chi connectivity index (χ3v) is 2.12. The van der Waals surface area contributed by atoms with Crippen molar-refractivity contribution in [2.24, 2.45) is 0 Å². The maximum absolute atomic E-state index is 10.8. The second-order valence-electron chi connectivity index (χ2n) is 2.48. The van der Waals surface area contributed by atoms with Crippen molar-refractivity contribution in [1.29, 1.82) is 0 Å². The van der Waals surface area contributed by atoms with Gasteiger partial charge in [0.2, 0.25) is 0 Å². The minimum Gasteiger partial charge on any atom is -0.443 e. The molecule has 2 unspecified atom stereocenters. The van der Waals surface area contributed by atoms with Crippen LogP contribution in [0.25, 0.3) is 0 Å². The van der Waals surface area contributed by atoms with Gasteiger partial charge in [0.15, 0.2) is 0 Å². The third kappa shape index (κ3) is 1.42. The summed E-state index contributed by atoms with van der Waals surface area (Å²) >= 11 is 3.35. The summed E-state index contributed by atoms with van der Waals surface area (Å²) in [5.74, 6) is 0. The van der Waals surface area contributed by atoms with Gasteiger partial charge in [-0.1, -0.05) is 15.9 Å². The SMILES string of the molecule is CC(Br)C1CN(C)C(=O)O1. The molecule has 3 nitrogen and oxygen atoms in total. The monoisotopic (exact) mass is 207 g/mol. The molecule has 0 spiro atoms. The fourth-order valence-electron chi connectivity index (χ4n) is 0.840. The summed E-state index contributed by atoms with van der Waals surface area (Å²) in [6.07, 6.45) is -0.214. The van der Waals surface area contributed by atoms with E-state index < -0.39 is 0 Å². The number of hydrogen-bond donors (Lipinski definition) is 0. The lowest BCUT2D eigenvalue weighted by molar-refractivity contribution is 0.135. The number of alkyl halides is 1. The van der Waals surface area contributed by atoms with Gasteiger partial charge in [-0.05, 0) is 6.92 Å². The van der Waals surface area contributed by atoms with E-state index in [0.717, 1.165) is 0 Å². The number of hydrogen-bond acceptors (Lipinski definition) is 2. The average Bonchev–Trinajstić information content (AvgIpc) is 2.13. The fourth-order valence-corrected chi connectivity index (χ4v) is 1.12. The first-order valence-corrected chi connectivity index (χ1v) is 4.08. The van der Waals surface area contributed by atoms with Crippen LogP contribution in [-0.2, 0) is 4.74 Å². The molecule has 10 heavy (non-hydrogen) atoms. The van der Waals surface area contributed by atoms with E-state index >= 15 is 0 Å². The summed E-state index contributed by atoms with van der Waals surface area (Å²) in [6.45, 7) is 2.66. The van der Waals surface area contributed by atoms with Crippen molar-refractivity contribution in [2.45, 2.75) is 17.9 Å². The van der Waals surface area contributed by atoms with Crippen molar-refractivity contribution in [1.82, 2.24) is 4.90 Å². The summed E-state index contributed by atoms with van der Waals surface area (Å²) in [5.41, 5.74) is 0. The van der Waals surface area contributed by atoms with Crippen molar-refractivity contribution < 1.29 is 9.53 Å². The molecule has 0 aromatic carbocycles. The zero-order valence-corrected chi connectivity index (χ0v) is 7.59. The zero-order valence-electron chi connectivity index (χ0n) is 6.00. The van der Waals surface area contributed by atoms with Crippen LogP contribution in [-0.4, -0.2) is 35.5 Å². The van der Waals surface area contributed by atoms with Gasteiger partial charge in [-0.15, -0.1) is 0 Å². The molecule has 0 aromatic heterocycles. The van der Waals surface area contributed by atoms with E-state index in [4.69, 9.17) is 4.74 Å². The summed E-state index contributed by atoms with van der Waals surface area (Å²) in [4.78, 5) is 12.6. The van der Waals surface area contributed by atoms with E-state index in [0.29, 0.717) is 6.54 Å². The van der Waals surface area contributed by atoms with Gasteiger partial charge < -0.3 is 9.64 Å². The molecule has 1 saturated heterocycles. The molecule has 4 heteroatoms. The largest absolute Gasteiger partial charge is 0.443 e. The summed E-state index contributed by atoms with van der Waals surface area (Å²) < 4.78 is 4.98. The molecular formula is C6H10BrNO2. The maximum atomic E-state index is 10.8. The van der Waals surface area contributed by atoms with Gasteiger partial charge in [0.05, 0.1) is 11.4 Å². The van der Waals surface area contributed by atoms with Crippen LogP contribution in [0.2, 0.25) is 0 Å². The first-order chi connectivity index (χ1) is 4.61. The Morgan fingerprint density at radius 1 is 1.90 bits per heavy atom. The Balaban J connectivity index is 2.49. The van der Waals surface area contributed by atoms with Crippen LogP contribution in [0, 0.1) is 0 Å². The van der Waals surface area contributed by atoms with Crippen LogP contribution >= 0.6 is 15.9 Å². The van der Waals surface area contributed by atoms with E-state index in [1.54, 1.807) is 11.9 Å². The molecule has 0 radical (unpaired) electrons. The molecule has 1 aliphatic rings. The second-order valence-corrected chi connectivity index (χ2v) is 3.92. The second kappa shape index (κ2) is 2.78. The van der Waals surface area contributed by atoms with Gasteiger partial charge in [-0.3, -0.25) is 0 Å². The topological polar surface area (TPSA) is 29.5 Å². The number of carbonyl (C=O) groups is 1. The molecule has 0 aromatic rings. The van der Waals surface area contributed by atoms with Gasteiger partial charge in [0.1, 0.15) is 6.10 Å². The Bertz CT molecular complexity index is 149. The van der Waals surface area contributed by atoms with Crippen molar-refractivity contribution in [3.05, 3.63) is 0 Å². The van der Waals surface area contributed by atoms with E-state index in [2.05, 4.69) is 15.9 Å². The molecule has 58 valence electrons. The lowest BCUT2D eigenvalue weighted by Gasteiger charge is -2.08. The van der Waals surface area contributed by atoms with E-state index in [9.17, 15) is 4.79 Å². The summed E-state index contributed by atoms with van der Waals surface area (Å²) in [7, 11) is 1.73. The van der Waals surface area contributed by atoms with E-state index in [1.807, 2.05) is 6.92 Å². The number of amides is 1. The van der Waals surface area contributed by atoms with Crippen molar-refractivity contribution >= 4 is 22.0 Å². The van der Waals surface area contributed by atoms with E-state index in [-0.39, 0.29) is 17.0 Å². The highest BCUT2D eigenvalue weighted by Gasteiger charge is 2.30. The Kier molecular flexibility index (Phi) is 2.18. The molecule has 1 fully saturated rings. The molecular weight excluding hydrogens is 198 g/mol. The van der Waals surface area contributed by atoms with Crippen LogP contribution in [0.3, 0.4) is 0 Å². The smallest absolute Gasteiger partial charge is 0.410 e. The Morgan fingerprint density at radius 3 is 2.70 bits per heavy atom. The quantitative estimate of drug-likeness (QED) is 0.606. The molecule has 2 atom stereocenters. The number of ether oxygens (including phenoxy) is 1. The Labute approximate surface area is 68.5 Å². The lowest BCUT2D eigenvalue weighted by Crippen LogP contribution is -2.23. The van der Waals surface area contributed by atoms with Gasteiger partial charge in [0.25, 0.3) is 0 Å². The highest BCUT2D eigenvalue weighted by atomic mass is 79.9. The number of halogens is 1. The molecule has 0 bridgehead atoms. The number of cyclic esters (lactones) is 1. The van der Waals surface area contributed by atoms with Crippen molar-refractivity contribution in [2.75, 3.05) is 13.6 Å². The number of carbonyl (C=O) groups excluding carboxylic acids is 1. The minimum atomic E-state index is -0.226. The average molecular weight is 208 g/mol. The molecule has 0 saturated carbocycles. The van der Waals surface area contributed by atoms with Gasteiger partial charge in [0, 0.05) is 7.05 Å².